The van der Waals surface area contributed by atoms with Crippen LogP contribution < -0.4 is 4.90 Å². The van der Waals surface area contributed by atoms with Crippen molar-refractivity contribution in [3.05, 3.63) is 28.2 Å². The van der Waals surface area contributed by atoms with Crippen LogP contribution in [0.3, 0.4) is 0 Å². The van der Waals surface area contributed by atoms with Crippen LogP contribution >= 0.6 is 23.2 Å². The molecule has 16 heavy (non-hydrogen) atoms. The van der Waals surface area contributed by atoms with Crippen molar-refractivity contribution < 1.29 is 5.11 Å². The number of halogens is 2. The van der Waals surface area contributed by atoms with Crippen LogP contribution in [0.1, 0.15) is 20.3 Å². The minimum Gasteiger partial charge on any atom is -0.391 e. The summed E-state index contributed by atoms with van der Waals surface area (Å²) >= 11 is 12.1. The third kappa shape index (κ3) is 1.90. The average Bonchev–Trinajstić information content (AvgIpc) is 2.47. The molecule has 4 heteroatoms. The quantitative estimate of drug-likeness (QED) is 0.837. The summed E-state index contributed by atoms with van der Waals surface area (Å²) in [7, 11) is 0. The van der Waals surface area contributed by atoms with Gasteiger partial charge in [-0.15, -0.1) is 0 Å². The summed E-state index contributed by atoms with van der Waals surface area (Å²) in [4.78, 5) is 2.12. The largest absolute Gasteiger partial charge is 0.391 e. The van der Waals surface area contributed by atoms with E-state index in [1.165, 1.54) is 0 Å². The number of hydrogen-bond donors (Lipinski definition) is 1. The Morgan fingerprint density at radius 2 is 2.06 bits per heavy atom. The van der Waals surface area contributed by atoms with Crippen molar-refractivity contribution in [1.82, 2.24) is 0 Å². The molecule has 1 aromatic rings. The van der Waals surface area contributed by atoms with Gasteiger partial charge in [-0.3, -0.25) is 0 Å². The van der Waals surface area contributed by atoms with E-state index in [-0.39, 0.29) is 11.6 Å². The van der Waals surface area contributed by atoms with Crippen molar-refractivity contribution in [2.24, 2.45) is 0 Å². The molecule has 2 nitrogen and oxygen atoms in total. The Bertz CT molecular complexity index is 406. The summed E-state index contributed by atoms with van der Waals surface area (Å²) in [5, 5.41) is 11.3. The van der Waals surface area contributed by atoms with Gasteiger partial charge in [0.2, 0.25) is 0 Å². The number of aliphatic hydroxyl groups excluding tert-OH is 1. The number of benzene rings is 1. The molecule has 1 unspecified atom stereocenters. The summed E-state index contributed by atoms with van der Waals surface area (Å²) < 4.78 is 0. The molecule has 1 aliphatic rings. The Morgan fingerprint density at radius 1 is 1.38 bits per heavy atom. The van der Waals surface area contributed by atoms with Crippen molar-refractivity contribution in [2.45, 2.75) is 31.9 Å². The fraction of sp³-hybridized carbons (Fsp3) is 0.500. The van der Waals surface area contributed by atoms with E-state index in [0.29, 0.717) is 10.0 Å². The molecular weight excluding hydrogens is 245 g/mol. The third-order valence-electron chi connectivity index (χ3n) is 3.34. The van der Waals surface area contributed by atoms with E-state index in [2.05, 4.69) is 4.90 Å². The van der Waals surface area contributed by atoms with Crippen LogP contribution in [-0.2, 0) is 0 Å². The average molecular weight is 260 g/mol. The number of hydrogen-bond acceptors (Lipinski definition) is 2. The standard InChI is InChI=1S/C12H15Cl2NO/c1-12(2)11(16)5-6-15(12)10-7-8(13)3-4-9(10)14/h3-4,7,11,16H,5-6H2,1-2H3. The van der Waals surface area contributed by atoms with Gasteiger partial charge in [0.1, 0.15) is 0 Å². The highest BCUT2D eigenvalue weighted by molar-refractivity contribution is 6.35. The zero-order chi connectivity index (χ0) is 11.9. The van der Waals surface area contributed by atoms with Crippen LogP contribution in [0.4, 0.5) is 5.69 Å². The third-order valence-corrected chi connectivity index (χ3v) is 3.89. The molecule has 1 aromatic carbocycles. The lowest BCUT2D eigenvalue weighted by Gasteiger charge is -2.36. The minimum atomic E-state index is -0.331. The Balaban J connectivity index is 2.41. The molecule has 0 aliphatic carbocycles. The molecule has 0 aromatic heterocycles. The molecule has 0 bridgehead atoms. The van der Waals surface area contributed by atoms with E-state index >= 15 is 0 Å². The van der Waals surface area contributed by atoms with Gasteiger partial charge in [0, 0.05) is 11.6 Å². The van der Waals surface area contributed by atoms with Gasteiger partial charge >= 0.3 is 0 Å². The predicted molar refractivity (Wildman–Crippen MR) is 68.5 cm³/mol. The molecule has 0 saturated carbocycles. The van der Waals surface area contributed by atoms with Gasteiger partial charge < -0.3 is 10.0 Å². The fourth-order valence-electron chi connectivity index (χ4n) is 2.20. The van der Waals surface area contributed by atoms with Gasteiger partial charge in [-0.05, 0) is 38.5 Å². The molecule has 1 aliphatic heterocycles. The van der Waals surface area contributed by atoms with E-state index in [9.17, 15) is 5.11 Å². The molecule has 0 amide bonds. The molecule has 1 atom stereocenters. The van der Waals surface area contributed by atoms with Crippen LogP contribution in [0.15, 0.2) is 18.2 Å². The zero-order valence-corrected chi connectivity index (χ0v) is 10.9. The first-order valence-corrected chi connectivity index (χ1v) is 6.09. The maximum atomic E-state index is 9.93. The lowest BCUT2D eigenvalue weighted by atomic mass is 9.98. The molecule has 1 N–H and O–H groups in total. The van der Waals surface area contributed by atoms with E-state index < -0.39 is 0 Å². The first kappa shape index (κ1) is 12.0. The Kier molecular flexibility index (Phi) is 3.08. The second-order valence-corrected chi connectivity index (χ2v) is 5.55. The Morgan fingerprint density at radius 3 is 2.62 bits per heavy atom. The van der Waals surface area contributed by atoms with Crippen molar-refractivity contribution in [1.29, 1.82) is 0 Å². The molecule has 1 heterocycles. The zero-order valence-electron chi connectivity index (χ0n) is 9.37. The Labute approximate surface area is 106 Å². The van der Waals surface area contributed by atoms with Crippen LogP contribution in [-0.4, -0.2) is 23.3 Å². The van der Waals surface area contributed by atoms with E-state index in [1.807, 2.05) is 19.9 Å². The summed E-state index contributed by atoms with van der Waals surface area (Å²) in [6.45, 7) is 4.83. The van der Waals surface area contributed by atoms with E-state index in [4.69, 9.17) is 23.2 Å². The van der Waals surface area contributed by atoms with E-state index in [0.717, 1.165) is 18.7 Å². The van der Waals surface area contributed by atoms with Crippen LogP contribution in [0.2, 0.25) is 10.0 Å². The molecular formula is C12H15Cl2NO. The molecule has 1 saturated heterocycles. The van der Waals surface area contributed by atoms with Gasteiger partial charge in [-0.1, -0.05) is 23.2 Å². The summed E-state index contributed by atoms with van der Waals surface area (Å²) in [6.07, 6.45) is 0.429. The molecule has 2 rings (SSSR count). The van der Waals surface area contributed by atoms with Gasteiger partial charge in [0.15, 0.2) is 0 Å². The Hall–Kier alpha value is -0.440. The maximum absolute atomic E-state index is 9.93. The predicted octanol–water partition coefficient (Wildman–Crippen LogP) is 3.34. The number of nitrogens with zero attached hydrogens (tertiary/aromatic N) is 1. The smallest absolute Gasteiger partial charge is 0.0783 e. The second-order valence-electron chi connectivity index (χ2n) is 4.71. The topological polar surface area (TPSA) is 23.5 Å². The van der Waals surface area contributed by atoms with Crippen LogP contribution in [0.25, 0.3) is 0 Å². The fourth-order valence-corrected chi connectivity index (χ4v) is 2.58. The van der Waals surface area contributed by atoms with Gasteiger partial charge in [-0.25, -0.2) is 0 Å². The van der Waals surface area contributed by atoms with Gasteiger partial charge in [0.25, 0.3) is 0 Å². The molecule has 0 spiro atoms. The van der Waals surface area contributed by atoms with Crippen molar-refractivity contribution in [3.63, 3.8) is 0 Å². The monoisotopic (exact) mass is 259 g/mol. The molecule has 0 radical (unpaired) electrons. The maximum Gasteiger partial charge on any atom is 0.0783 e. The van der Waals surface area contributed by atoms with E-state index in [1.54, 1.807) is 12.1 Å². The number of rotatable bonds is 1. The number of anilines is 1. The summed E-state index contributed by atoms with van der Waals surface area (Å²) in [5.41, 5.74) is 0.602. The lowest BCUT2D eigenvalue weighted by Crippen LogP contribution is -2.45. The molecule has 1 fully saturated rings. The van der Waals surface area contributed by atoms with Crippen molar-refractivity contribution in [2.75, 3.05) is 11.4 Å². The number of aliphatic hydroxyl groups is 1. The SMILES string of the molecule is CC1(C)C(O)CCN1c1cc(Cl)ccc1Cl. The van der Waals surface area contributed by atoms with Crippen molar-refractivity contribution >= 4 is 28.9 Å². The summed E-state index contributed by atoms with van der Waals surface area (Å²) in [6, 6.07) is 5.41. The normalized spacial score (nSPS) is 23.8. The lowest BCUT2D eigenvalue weighted by molar-refractivity contribution is 0.127. The minimum absolute atomic E-state index is 0.297. The van der Waals surface area contributed by atoms with Gasteiger partial charge in [-0.2, -0.15) is 0 Å². The molecule has 88 valence electrons. The van der Waals surface area contributed by atoms with Crippen molar-refractivity contribution in [3.8, 4) is 0 Å². The highest BCUT2D eigenvalue weighted by Crippen LogP contribution is 2.38. The first-order chi connectivity index (χ1) is 7.43. The van der Waals surface area contributed by atoms with Crippen LogP contribution in [0, 0.1) is 0 Å². The highest BCUT2D eigenvalue weighted by atomic mass is 35.5. The highest BCUT2D eigenvalue weighted by Gasteiger charge is 2.40. The summed E-state index contributed by atoms with van der Waals surface area (Å²) in [5.74, 6) is 0. The van der Waals surface area contributed by atoms with Crippen LogP contribution in [0.5, 0.6) is 0 Å². The first-order valence-electron chi connectivity index (χ1n) is 5.33. The second kappa shape index (κ2) is 4.10. The van der Waals surface area contributed by atoms with Gasteiger partial charge in [0.05, 0.1) is 22.4 Å².